The van der Waals surface area contributed by atoms with Crippen LogP contribution >= 0.6 is 11.8 Å². The molecule has 1 aromatic rings. The first-order valence-corrected chi connectivity index (χ1v) is 9.28. The van der Waals surface area contributed by atoms with Gasteiger partial charge in [0.25, 0.3) is 0 Å². The summed E-state index contributed by atoms with van der Waals surface area (Å²) >= 11 is 1.56. The number of rotatable bonds is 6. The molecule has 4 nitrogen and oxygen atoms in total. The van der Waals surface area contributed by atoms with Gasteiger partial charge in [-0.2, -0.15) is 11.8 Å². The Morgan fingerprint density at radius 2 is 1.77 bits per heavy atom. The highest BCUT2D eigenvalue weighted by Gasteiger charge is 2.15. The lowest BCUT2D eigenvalue weighted by Gasteiger charge is -2.34. The van der Waals surface area contributed by atoms with E-state index in [1.54, 1.807) is 11.8 Å². The maximum absolute atomic E-state index is 11.9. The van der Waals surface area contributed by atoms with Gasteiger partial charge in [0.2, 0.25) is 5.91 Å². The number of nitrogens with zero attached hydrogens (tertiary/aromatic N) is 2. The van der Waals surface area contributed by atoms with E-state index in [4.69, 9.17) is 0 Å². The van der Waals surface area contributed by atoms with Crippen molar-refractivity contribution in [3.63, 3.8) is 0 Å². The van der Waals surface area contributed by atoms with E-state index in [0.29, 0.717) is 0 Å². The van der Waals surface area contributed by atoms with Gasteiger partial charge in [-0.15, -0.1) is 0 Å². The van der Waals surface area contributed by atoms with Crippen LogP contribution in [0.15, 0.2) is 24.3 Å². The molecular weight excluding hydrogens is 294 g/mol. The monoisotopic (exact) mass is 321 g/mol. The number of carbonyl (C=O) groups excluding carboxylic acids is 1. The highest BCUT2D eigenvalue weighted by Crippen LogP contribution is 2.15. The van der Waals surface area contributed by atoms with Crippen LogP contribution in [0, 0.1) is 0 Å². The topological polar surface area (TPSA) is 35.6 Å². The zero-order valence-electron chi connectivity index (χ0n) is 13.8. The molecule has 0 unspecified atom stereocenters. The third kappa shape index (κ3) is 5.00. The Morgan fingerprint density at radius 3 is 2.32 bits per heavy atom. The van der Waals surface area contributed by atoms with E-state index in [2.05, 4.69) is 34.2 Å². The summed E-state index contributed by atoms with van der Waals surface area (Å²) in [4.78, 5) is 16.8. The second-order valence-corrected chi connectivity index (χ2v) is 6.95. The maximum atomic E-state index is 11.9. The minimum Gasteiger partial charge on any atom is -0.325 e. The molecular formula is C17H27N3OS. The van der Waals surface area contributed by atoms with Crippen LogP contribution in [0.2, 0.25) is 0 Å². The number of piperazine rings is 1. The molecule has 2 rings (SSSR count). The molecule has 0 spiro atoms. The number of nitrogens with one attached hydrogen (secondary N) is 1. The number of thioether (sulfide) groups is 1. The summed E-state index contributed by atoms with van der Waals surface area (Å²) in [6.45, 7) is 10.9. The average molecular weight is 321 g/mol. The molecule has 0 radical (unpaired) electrons. The molecule has 1 aliphatic heterocycles. The molecule has 1 heterocycles. The van der Waals surface area contributed by atoms with Gasteiger partial charge in [-0.25, -0.2) is 0 Å². The van der Waals surface area contributed by atoms with Gasteiger partial charge >= 0.3 is 0 Å². The first-order chi connectivity index (χ1) is 10.6. The molecule has 0 bridgehead atoms. The van der Waals surface area contributed by atoms with Gasteiger partial charge in [-0.05, 0) is 37.4 Å². The van der Waals surface area contributed by atoms with Crippen molar-refractivity contribution in [3.8, 4) is 0 Å². The average Bonchev–Trinajstić information content (AvgIpc) is 2.56. The Kier molecular flexibility index (Phi) is 6.73. The summed E-state index contributed by atoms with van der Waals surface area (Å²) in [5, 5.41) is 2.94. The fourth-order valence-corrected chi connectivity index (χ4v) is 2.84. The van der Waals surface area contributed by atoms with Crippen molar-refractivity contribution >= 4 is 23.4 Å². The van der Waals surface area contributed by atoms with Crippen molar-refractivity contribution in [1.82, 2.24) is 9.80 Å². The quantitative estimate of drug-likeness (QED) is 0.873. The summed E-state index contributed by atoms with van der Waals surface area (Å²) in [6.07, 6.45) is 1.95. The predicted molar refractivity (Wildman–Crippen MR) is 95.4 cm³/mol. The molecule has 5 heteroatoms. The zero-order chi connectivity index (χ0) is 15.9. The second kappa shape index (κ2) is 8.56. The van der Waals surface area contributed by atoms with Crippen LogP contribution in [0.4, 0.5) is 5.69 Å². The van der Waals surface area contributed by atoms with Gasteiger partial charge in [0.15, 0.2) is 0 Å². The van der Waals surface area contributed by atoms with Gasteiger partial charge in [0.05, 0.1) is 5.25 Å². The van der Waals surface area contributed by atoms with Crippen molar-refractivity contribution in [2.45, 2.75) is 25.6 Å². The SMILES string of the molecule is CCN1CCN(Cc2ccc(NC(=O)[C@@H](C)SC)cc2)CC1. The Hall–Kier alpha value is -1.04. The molecule has 0 saturated carbocycles. The lowest BCUT2D eigenvalue weighted by atomic mass is 10.1. The molecule has 1 saturated heterocycles. The third-order valence-corrected chi connectivity index (χ3v) is 5.18. The molecule has 22 heavy (non-hydrogen) atoms. The number of benzene rings is 1. The Morgan fingerprint density at radius 1 is 1.18 bits per heavy atom. The predicted octanol–water partition coefficient (Wildman–Crippen LogP) is 2.51. The lowest BCUT2D eigenvalue weighted by Crippen LogP contribution is -2.45. The molecule has 1 aromatic carbocycles. The lowest BCUT2D eigenvalue weighted by molar-refractivity contribution is -0.115. The highest BCUT2D eigenvalue weighted by molar-refractivity contribution is 7.99. The smallest absolute Gasteiger partial charge is 0.237 e. The van der Waals surface area contributed by atoms with Gasteiger partial charge in [-0.1, -0.05) is 19.1 Å². The van der Waals surface area contributed by atoms with Gasteiger partial charge in [0, 0.05) is 38.4 Å². The van der Waals surface area contributed by atoms with Crippen LogP contribution < -0.4 is 5.32 Å². The number of carbonyl (C=O) groups is 1. The molecule has 1 N–H and O–H groups in total. The summed E-state index contributed by atoms with van der Waals surface area (Å²) in [6, 6.07) is 8.24. The summed E-state index contributed by atoms with van der Waals surface area (Å²) in [5.74, 6) is 0.0657. The fourth-order valence-electron chi connectivity index (χ4n) is 2.57. The molecule has 1 aliphatic rings. The van der Waals surface area contributed by atoms with Gasteiger partial charge in [-0.3, -0.25) is 9.69 Å². The maximum Gasteiger partial charge on any atom is 0.237 e. The second-order valence-electron chi connectivity index (χ2n) is 5.77. The summed E-state index contributed by atoms with van der Waals surface area (Å²) < 4.78 is 0. The van der Waals surface area contributed by atoms with Crippen LogP contribution in [-0.2, 0) is 11.3 Å². The first-order valence-electron chi connectivity index (χ1n) is 7.99. The molecule has 1 fully saturated rings. The van der Waals surface area contributed by atoms with E-state index in [-0.39, 0.29) is 11.2 Å². The van der Waals surface area contributed by atoms with Crippen LogP contribution in [0.5, 0.6) is 0 Å². The Balaban J connectivity index is 1.83. The van der Waals surface area contributed by atoms with Crippen molar-refractivity contribution in [2.24, 2.45) is 0 Å². The van der Waals surface area contributed by atoms with E-state index >= 15 is 0 Å². The summed E-state index contributed by atoms with van der Waals surface area (Å²) in [5.41, 5.74) is 2.19. The van der Waals surface area contributed by atoms with E-state index in [1.165, 1.54) is 5.56 Å². The fraction of sp³-hybridized carbons (Fsp3) is 0.588. The minimum absolute atomic E-state index is 0.0189. The van der Waals surface area contributed by atoms with Crippen LogP contribution in [0.1, 0.15) is 19.4 Å². The van der Waals surface area contributed by atoms with Crippen LogP contribution in [0.3, 0.4) is 0 Å². The third-order valence-electron chi connectivity index (χ3n) is 4.26. The van der Waals surface area contributed by atoms with E-state index in [9.17, 15) is 4.79 Å². The number of anilines is 1. The standard InChI is InChI=1S/C17H27N3OS/c1-4-19-9-11-20(12-10-19)13-15-5-7-16(8-6-15)18-17(21)14(2)22-3/h5-8,14H,4,9-13H2,1-3H3,(H,18,21)/t14-/m1/s1. The van der Waals surface area contributed by atoms with Crippen molar-refractivity contribution in [1.29, 1.82) is 0 Å². The van der Waals surface area contributed by atoms with Crippen LogP contribution in [0.25, 0.3) is 0 Å². The van der Waals surface area contributed by atoms with Crippen molar-refractivity contribution < 1.29 is 4.79 Å². The zero-order valence-corrected chi connectivity index (χ0v) is 14.7. The highest BCUT2D eigenvalue weighted by atomic mass is 32.2. The van der Waals surface area contributed by atoms with E-state index in [1.807, 2.05) is 25.3 Å². The van der Waals surface area contributed by atoms with Crippen LogP contribution in [-0.4, -0.2) is 59.9 Å². The van der Waals surface area contributed by atoms with E-state index < -0.39 is 0 Å². The Labute approximate surface area is 138 Å². The largest absolute Gasteiger partial charge is 0.325 e. The molecule has 1 atom stereocenters. The number of likely N-dealkylation sites (N-methyl/N-ethyl adjacent to an activating group) is 1. The number of amides is 1. The van der Waals surface area contributed by atoms with Gasteiger partial charge < -0.3 is 10.2 Å². The Bertz CT molecular complexity index is 469. The first kappa shape index (κ1) is 17.3. The normalized spacial score (nSPS) is 18.1. The molecule has 122 valence electrons. The van der Waals surface area contributed by atoms with Gasteiger partial charge in [0.1, 0.15) is 0 Å². The van der Waals surface area contributed by atoms with Crippen molar-refractivity contribution in [2.75, 3.05) is 44.3 Å². The number of hydrogen-bond acceptors (Lipinski definition) is 4. The molecule has 0 aliphatic carbocycles. The molecule has 0 aromatic heterocycles. The number of hydrogen-bond donors (Lipinski definition) is 1. The summed E-state index contributed by atoms with van der Waals surface area (Å²) in [7, 11) is 0. The molecule has 1 amide bonds. The van der Waals surface area contributed by atoms with E-state index in [0.717, 1.165) is 45.0 Å². The minimum atomic E-state index is -0.0189. The van der Waals surface area contributed by atoms with Crippen molar-refractivity contribution in [3.05, 3.63) is 29.8 Å².